The molecule has 0 saturated carbocycles. The Hall–Kier alpha value is -2.04. The van der Waals surface area contributed by atoms with Gasteiger partial charge in [0.2, 0.25) is 11.8 Å². The first-order valence-corrected chi connectivity index (χ1v) is 9.54. The summed E-state index contributed by atoms with van der Waals surface area (Å²) in [7, 11) is 0. The van der Waals surface area contributed by atoms with Gasteiger partial charge in [-0.3, -0.25) is 9.59 Å². The summed E-state index contributed by atoms with van der Waals surface area (Å²) in [5, 5.41) is 3.07. The molecule has 1 saturated heterocycles. The van der Waals surface area contributed by atoms with Gasteiger partial charge in [0.05, 0.1) is 6.61 Å². The highest BCUT2D eigenvalue weighted by atomic mass is 16.5. The Bertz CT molecular complexity index is 597. The molecule has 1 aromatic rings. The van der Waals surface area contributed by atoms with E-state index in [0.717, 1.165) is 31.7 Å². The molecule has 1 N–H and O–H groups in total. The highest BCUT2D eigenvalue weighted by Gasteiger charge is 2.21. The third-order valence-electron chi connectivity index (χ3n) is 4.84. The van der Waals surface area contributed by atoms with Crippen molar-refractivity contribution >= 4 is 11.8 Å². The molecule has 0 bridgehead atoms. The van der Waals surface area contributed by atoms with Crippen molar-refractivity contribution in [3.63, 3.8) is 0 Å². The van der Waals surface area contributed by atoms with Crippen molar-refractivity contribution in [1.29, 1.82) is 0 Å². The van der Waals surface area contributed by atoms with E-state index < -0.39 is 0 Å². The van der Waals surface area contributed by atoms with E-state index in [0.29, 0.717) is 19.4 Å². The predicted molar refractivity (Wildman–Crippen MR) is 103 cm³/mol. The van der Waals surface area contributed by atoms with Crippen molar-refractivity contribution in [3.8, 4) is 5.75 Å². The molecule has 2 amide bonds. The van der Waals surface area contributed by atoms with Gasteiger partial charge in [0.1, 0.15) is 5.75 Å². The van der Waals surface area contributed by atoms with Crippen LogP contribution in [-0.2, 0) is 15.0 Å². The zero-order chi connectivity index (χ0) is 19.2. The van der Waals surface area contributed by atoms with Crippen LogP contribution in [0.15, 0.2) is 24.3 Å². The number of benzene rings is 1. The molecule has 1 aromatic carbocycles. The van der Waals surface area contributed by atoms with E-state index in [9.17, 15) is 9.59 Å². The molecule has 0 aromatic heterocycles. The Labute approximate surface area is 157 Å². The average molecular weight is 360 g/mol. The van der Waals surface area contributed by atoms with Crippen LogP contribution in [0.1, 0.15) is 58.9 Å². The number of ether oxygens (including phenoxy) is 1. The number of carbonyl (C=O) groups is 2. The summed E-state index contributed by atoms with van der Waals surface area (Å²) in [5.41, 5.74) is 1.41. The van der Waals surface area contributed by atoms with Crippen LogP contribution in [0.2, 0.25) is 0 Å². The van der Waals surface area contributed by atoms with Crippen molar-refractivity contribution in [2.45, 2.75) is 64.8 Å². The van der Waals surface area contributed by atoms with Gasteiger partial charge in [-0.15, -0.1) is 0 Å². The minimum absolute atomic E-state index is 0.0676. The fourth-order valence-electron chi connectivity index (χ4n) is 3.11. The zero-order valence-electron chi connectivity index (χ0n) is 16.5. The van der Waals surface area contributed by atoms with Crippen LogP contribution in [0.25, 0.3) is 0 Å². The first-order valence-electron chi connectivity index (χ1n) is 9.54. The van der Waals surface area contributed by atoms with Crippen molar-refractivity contribution in [2.24, 2.45) is 0 Å². The molecule has 1 aliphatic heterocycles. The van der Waals surface area contributed by atoms with Crippen molar-refractivity contribution in [2.75, 3.05) is 19.7 Å². The van der Waals surface area contributed by atoms with Crippen LogP contribution in [0.4, 0.5) is 0 Å². The Morgan fingerprint density at radius 3 is 2.31 bits per heavy atom. The van der Waals surface area contributed by atoms with Gasteiger partial charge in [-0.25, -0.2) is 0 Å². The second-order valence-electron chi connectivity index (χ2n) is 8.07. The van der Waals surface area contributed by atoms with E-state index in [-0.39, 0.29) is 23.3 Å². The number of piperidine rings is 1. The third kappa shape index (κ3) is 6.36. The van der Waals surface area contributed by atoms with Gasteiger partial charge in [-0.2, -0.15) is 0 Å². The summed E-state index contributed by atoms with van der Waals surface area (Å²) in [5.74, 6) is 1.02. The molecular weight excluding hydrogens is 328 g/mol. The molecular formula is C21H32N2O3. The smallest absolute Gasteiger partial charge is 0.220 e. The molecule has 5 nitrogen and oxygen atoms in total. The van der Waals surface area contributed by atoms with Crippen molar-refractivity contribution in [1.82, 2.24) is 10.2 Å². The van der Waals surface area contributed by atoms with Gasteiger partial charge in [0, 0.05) is 32.5 Å². The highest BCUT2D eigenvalue weighted by molar-refractivity contribution is 5.76. The van der Waals surface area contributed by atoms with E-state index in [1.165, 1.54) is 5.56 Å². The Morgan fingerprint density at radius 2 is 1.77 bits per heavy atom. The van der Waals surface area contributed by atoms with Crippen LogP contribution in [0, 0.1) is 0 Å². The zero-order valence-corrected chi connectivity index (χ0v) is 16.5. The number of likely N-dealkylation sites (tertiary alicyclic amines) is 1. The van der Waals surface area contributed by atoms with Gasteiger partial charge in [0.25, 0.3) is 0 Å². The van der Waals surface area contributed by atoms with Gasteiger partial charge < -0.3 is 15.0 Å². The molecule has 0 atom stereocenters. The van der Waals surface area contributed by atoms with Crippen LogP contribution < -0.4 is 10.1 Å². The van der Waals surface area contributed by atoms with E-state index in [4.69, 9.17) is 4.74 Å². The lowest BCUT2D eigenvalue weighted by molar-refractivity contribution is -0.130. The highest BCUT2D eigenvalue weighted by Crippen LogP contribution is 2.24. The number of nitrogens with one attached hydrogen (secondary N) is 1. The molecule has 144 valence electrons. The quantitative estimate of drug-likeness (QED) is 0.792. The number of carbonyl (C=O) groups excluding carboxylic acids is 2. The van der Waals surface area contributed by atoms with Gasteiger partial charge in [-0.1, -0.05) is 32.9 Å². The first-order chi connectivity index (χ1) is 12.3. The molecule has 26 heavy (non-hydrogen) atoms. The van der Waals surface area contributed by atoms with Gasteiger partial charge in [0.15, 0.2) is 0 Å². The minimum atomic E-state index is 0.0676. The molecule has 0 aliphatic carbocycles. The largest absolute Gasteiger partial charge is 0.494 e. The maximum atomic E-state index is 12.0. The molecule has 2 rings (SSSR count). The van der Waals surface area contributed by atoms with Gasteiger partial charge >= 0.3 is 0 Å². The summed E-state index contributed by atoms with van der Waals surface area (Å²) in [6, 6.07) is 8.35. The summed E-state index contributed by atoms with van der Waals surface area (Å²) in [4.78, 5) is 25.2. The Kier molecular flexibility index (Phi) is 7.06. The lowest BCUT2D eigenvalue weighted by Gasteiger charge is -2.31. The topological polar surface area (TPSA) is 58.6 Å². The first kappa shape index (κ1) is 20.3. The van der Waals surface area contributed by atoms with Crippen LogP contribution in [-0.4, -0.2) is 42.5 Å². The molecule has 0 radical (unpaired) electrons. The van der Waals surface area contributed by atoms with E-state index >= 15 is 0 Å². The predicted octanol–water partition coefficient (Wildman–Crippen LogP) is 3.27. The fraction of sp³-hybridized carbons (Fsp3) is 0.619. The second-order valence-corrected chi connectivity index (χ2v) is 8.07. The van der Waals surface area contributed by atoms with Crippen LogP contribution in [0.5, 0.6) is 5.75 Å². The van der Waals surface area contributed by atoms with E-state index in [1.807, 2.05) is 17.0 Å². The second kappa shape index (κ2) is 9.06. The average Bonchev–Trinajstić information content (AvgIpc) is 2.59. The number of nitrogens with zero attached hydrogens (tertiary/aromatic N) is 1. The minimum Gasteiger partial charge on any atom is -0.494 e. The molecule has 0 unspecified atom stereocenters. The molecule has 1 heterocycles. The van der Waals surface area contributed by atoms with Crippen LogP contribution in [0.3, 0.4) is 0 Å². The summed E-state index contributed by atoms with van der Waals surface area (Å²) in [6.07, 6.45) is 2.83. The summed E-state index contributed by atoms with van der Waals surface area (Å²) < 4.78 is 5.73. The van der Waals surface area contributed by atoms with E-state index in [1.54, 1.807) is 6.92 Å². The SMILES string of the molecule is CC(=O)N1CCC(NC(=O)CCCOc2ccc(C(C)(C)C)cc2)CC1. The maximum absolute atomic E-state index is 12.0. The van der Waals surface area contributed by atoms with Crippen molar-refractivity contribution < 1.29 is 14.3 Å². The molecule has 5 heteroatoms. The maximum Gasteiger partial charge on any atom is 0.220 e. The molecule has 0 spiro atoms. The Morgan fingerprint density at radius 1 is 1.15 bits per heavy atom. The van der Waals surface area contributed by atoms with Gasteiger partial charge in [-0.05, 0) is 42.4 Å². The third-order valence-corrected chi connectivity index (χ3v) is 4.84. The lowest BCUT2D eigenvalue weighted by Crippen LogP contribution is -2.46. The lowest BCUT2D eigenvalue weighted by atomic mass is 9.87. The van der Waals surface area contributed by atoms with E-state index in [2.05, 4.69) is 38.2 Å². The monoisotopic (exact) mass is 360 g/mol. The standard InChI is InChI=1S/C21H32N2O3/c1-16(24)23-13-11-18(12-14-23)22-20(25)6-5-15-26-19-9-7-17(8-10-19)21(2,3)4/h7-10,18H,5-6,11-15H2,1-4H3,(H,22,25). The number of rotatable bonds is 6. The fourth-order valence-corrected chi connectivity index (χ4v) is 3.11. The molecule has 1 aliphatic rings. The Balaban J connectivity index is 1.62. The summed E-state index contributed by atoms with van der Waals surface area (Å²) in [6.45, 7) is 10.1. The number of hydrogen-bond acceptors (Lipinski definition) is 3. The molecule has 1 fully saturated rings. The number of hydrogen-bond donors (Lipinski definition) is 1. The van der Waals surface area contributed by atoms with Crippen LogP contribution >= 0.6 is 0 Å². The normalized spacial score (nSPS) is 15.6. The van der Waals surface area contributed by atoms with Crippen molar-refractivity contribution in [3.05, 3.63) is 29.8 Å². The number of amides is 2. The summed E-state index contributed by atoms with van der Waals surface area (Å²) >= 11 is 0.